The summed E-state index contributed by atoms with van der Waals surface area (Å²) in [4.78, 5) is 37.8. The Bertz CT molecular complexity index is 885. The molecule has 0 bridgehead atoms. The van der Waals surface area contributed by atoms with E-state index in [0.717, 1.165) is 64.2 Å². The molecular weight excluding hydrogens is 709 g/mol. The van der Waals surface area contributed by atoms with E-state index in [0.29, 0.717) is 19.3 Å². The number of unbranched alkanes of at least 4 members (excludes halogenated alkanes) is 33. The van der Waals surface area contributed by atoms with Crippen molar-refractivity contribution in [3.8, 4) is 0 Å². The third-order valence-electron chi connectivity index (χ3n) is 11.3. The summed E-state index contributed by atoms with van der Waals surface area (Å²) in [6.45, 7) is 6.62. The number of carbonyl (C=O) groups excluding carboxylic acids is 3. The number of rotatable bonds is 46. The van der Waals surface area contributed by atoms with Gasteiger partial charge in [0.25, 0.3) is 0 Å². The van der Waals surface area contributed by atoms with E-state index in [4.69, 9.17) is 14.2 Å². The van der Waals surface area contributed by atoms with Crippen LogP contribution < -0.4 is 0 Å². The van der Waals surface area contributed by atoms with Crippen molar-refractivity contribution in [1.82, 2.24) is 0 Å². The van der Waals surface area contributed by atoms with E-state index in [1.54, 1.807) is 0 Å². The average molecular weight is 805 g/mol. The number of esters is 3. The van der Waals surface area contributed by atoms with Crippen LogP contribution in [0.3, 0.4) is 0 Å². The van der Waals surface area contributed by atoms with Gasteiger partial charge in [0.15, 0.2) is 6.10 Å². The molecule has 0 aromatic heterocycles. The van der Waals surface area contributed by atoms with Crippen molar-refractivity contribution in [2.24, 2.45) is 0 Å². The van der Waals surface area contributed by atoms with Gasteiger partial charge in [0.1, 0.15) is 13.2 Å². The van der Waals surface area contributed by atoms with Gasteiger partial charge in [-0.15, -0.1) is 0 Å². The highest BCUT2D eigenvalue weighted by atomic mass is 16.6. The van der Waals surface area contributed by atoms with Crippen LogP contribution in [0.2, 0.25) is 0 Å². The molecule has 0 rings (SSSR count). The Morgan fingerprint density at radius 1 is 0.333 bits per heavy atom. The van der Waals surface area contributed by atoms with Crippen molar-refractivity contribution in [2.75, 3.05) is 13.2 Å². The summed E-state index contributed by atoms with van der Waals surface area (Å²) in [5.41, 5.74) is 0. The summed E-state index contributed by atoms with van der Waals surface area (Å²) in [6, 6.07) is 0. The second-order valence-corrected chi connectivity index (χ2v) is 17.1. The Morgan fingerprint density at radius 2 is 0.596 bits per heavy atom. The van der Waals surface area contributed by atoms with Gasteiger partial charge in [0, 0.05) is 19.3 Å². The van der Waals surface area contributed by atoms with Crippen LogP contribution in [0.25, 0.3) is 0 Å². The summed E-state index contributed by atoms with van der Waals surface area (Å²) in [5.74, 6) is -0.863. The lowest BCUT2D eigenvalue weighted by Gasteiger charge is -2.18. The first kappa shape index (κ1) is 55.2. The van der Waals surface area contributed by atoms with Crippen molar-refractivity contribution in [3.05, 3.63) is 12.2 Å². The fourth-order valence-corrected chi connectivity index (χ4v) is 7.42. The molecule has 57 heavy (non-hydrogen) atoms. The fraction of sp³-hybridized carbons (Fsp3) is 0.902. The van der Waals surface area contributed by atoms with Gasteiger partial charge in [-0.3, -0.25) is 14.4 Å². The number of hydrogen-bond acceptors (Lipinski definition) is 6. The zero-order valence-corrected chi connectivity index (χ0v) is 38.4. The summed E-state index contributed by atoms with van der Waals surface area (Å²) in [6.07, 6.45) is 50.5. The lowest BCUT2D eigenvalue weighted by atomic mass is 10.0. The van der Waals surface area contributed by atoms with Crippen LogP contribution in [0.4, 0.5) is 0 Å². The van der Waals surface area contributed by atoms with Gasteiger partial charge in [0.2, 0.25) is 0 Å². The molecular formula is C51H96O6. The van der Waals surface area contributed by atoms with E-state index >= 15 is 0 Å². The molecule has 0 heterocycles. The molecule has 0 N–H and O–H groups in total. The molecule has 1 unspecified atom stereocenters. The maximum Gasteiger partial charge on any atom is 0.306 e. The molecule has 0 saturated carbocycles. The number of ether oxygens (including phenoxy) is 3. The lowest BCUT2D eigenvalue weighted by Crippen LogP contribution is -2.30. The van der Waals surface area contributed by atoms with Crippen molar-refractivity contribution >= 4 is 17.9 Å². The molecule has 0 aliphatic carbocycles. The van der Waals surface area contributed by atoms with Crippen LogP contribution in [0.15, 0.2) is 12.2 Å². The van der Waals surface area contributed by atoms with E-state index in [1.807, 2.05) is 0 Å². The molecule has 0 amide bonds. The van der Waals surface area contributed by atoms with Gasteiger partial charge < -0.3 is 14.2 Å². The smallest absolute Gasteiger partial charge is 0.306 e. The topological polar surface area (TPSA) is 78.9 Å². The molecule has 1 atom stereocenters. The highest BCUT2D eigenvalue weighted by Crippen LogP contribution is 2.16. The summed E-state index contributed by atoms with van der Waals surface area (Å²) in [7, 11) is 0. The fourth-order valence-electron chi connectivity index (χ4n) is 7.42. The predicted octanol–water partition coefficient (Wildman–Crippen LogP) is 16.2. The standard InChI is InChI=1S/C51H96O6/c1-4-7-10-13-16-19-22-24-25-26-27-30-32-35-38-41-44-50(53)56-47-48(46-55-49(52)43-40-37-34-31-28-21-18-15-12-9-6-3)57-51(54)45-42-39-36-33-29-23-20-17-14-11-8-5-2/h15,18,48H,4-14,16-17,19-47H2,1-3H3/b18-15-. The normalized spacial score (nSPS) is 12.0. The summed E-state index contributed by atoms with van der Waals surface area (Å²) < 4.78 is 16.8. The first-order valence-electron chi connectivity index (χ1n) is 25.2. The largest absolute Gasteiger partial charge is 0.462 e. The second-order valence-electron chi connectivity index (χ2n) is 17.1. The summed E-state index contributed by atoms with van der Waals surface area (Å²) in [5, 5.41) is 0. The monoisotopic (exact) mass is 805 g/mol. The highest BCUT2D eigenvalue weighted by Gasteiger charge is 2.19. The number of carbonyl (C=O) groups is 3. The Morgan fingerprint density at radius 3 is 0.930 bits per heavy atom. The van der Waals surface area contributed by atoms with Gasteiger partial charge >= 0.3 is 17.9 Å². The maximum absolute atomic E-state index is 12.7. The minimum absolute atomic E-state index is 0.0674. The second kappa shape index (κ2) is 46.8. The predicted molar refractivity (Wildman–Crippen MR) is 243 cm³/mol. The molecule has 0 aromatic carbocycles. The van der Waals surface area contributed by atoms with E-state index in [9.17, 15) is 14.4 Å². The van der Waals surface area contributed by atoms with Crippen LogP contribution in [-0.4, -0.2) is 37.2 Å². The van der Waals surface area contributed by atoms with Crippen LogP contribution in [-0.2, 0) is 28.6 Å². The van der Waals surface area contributed by atoms with Crippen LogP contribution in [0.5, 0.6) is 0 Å². The number of allylic oxidation sites excluding steroid dienone is 2. The lowest BCUT2D eigenvalue weighted by molar-refractivity contribution is -0.167. The molecule has 0 radical (unpaired) electrons. The van der Waals surface area contributed by atoms with Gasteiger partial charge in [-0.1, -0.05) is 232 Å². The first-order valence-corrected chi connectivity index (χ1v) is 25.2. The van der Waals surface area contributed by atoms with E-state index in [1.165, 1.54) is 173 Å². The van der Waals surface area contributed by atoms with Gasteiger partial charge in [-0.25, -0.2) is 0 Å². The van der Waals surface area contributed by atoms with Gasteiger partial charge in [0.05, 0.1) is 0 Å². The minimum atomic E-state index is -0.765. The molecule has 0 aliphatic rings. The molecule has 0 fully saturated rings. The van der Waals surface area contributed by atoms with E-state index in [-0.39, 0.29) is 31.1 Å². The Kier molecular flexibility index (Phi) is 45.3. The molecule has 0 aromatic rings. The zero-order chi connectivity index (χ0) is 41.5. The highest BCUT2D eigenvalue weighted by molar-refractivity contribution is 5.71. The van der Waals surface area contributed by atoms with Crippen molar-refractivity contribution < 1.29 is 28.6 Å². The SMILES string of the molecule is CCCC/C=C\CCCCCCCC(=O)OCC(COC(=O)CCCCCCCCCCCCCCCCCC)OC(=O)CCCCCCCCCCCCCC. The van der Waals surface area contributed by atoms with Crippen molar-refractivity contribution in [2.45, 2.75) is 284 Å². The zero-order valence-electron chi connectivity index (χ0n) is 38.4. The molecule has 336 valence electrons. The third-order valence-corrected chi connectivity index (χ3v) is 11.3. The van der Waals surface area contributed by atoms with Crippen molar-refractivity contribution in [3.63, 3.8) is 0 Å². The molecule has 0 spiro atoms. The quantitative estimate of drug-likeness (QED) is 0.0264. The van der Waals surface area contributed by atoms with Crippen LogP contribution in [0.1, 0.15) is 278 Å². The Labute approximate surface area is 354 Å². The minimum Gasteiger partial charge on any atom is -0.462 e. The summed E-state index contributed by atoms with van der Waals surface area (Å²) >= 11 is 0. The van der Waals surface area contributed by atoms with Gasteiger partial charge in [-0.05, 0) is 38.5 Å². The van der Waals surface area contributed by atoms with Crippen LogP contribution in [0, 0.1) is 0 Å². The van der Waals surface area contributed by atoms with Crippen molar-refractivity contribution in [1.29, 1.82) is 0 Å². The van der Waals surface area contributed by atoms with Gasteiger partial charge in [-0.2, -0.15) is 0 Å². The Balaban J connectivity index is 4.30. The van der Waals surface area contributed by atoms with E-state index in [2.05, 4.69) is 32.9 Å². The molecule has 0 saturated heterocycles. The molecule has 6 heteroatoms. The van der Waals surface area contributed by atoms with E-state index < -0.39 is 6.10 Å². The molecule has 0 aliphatic heterocycles. The Hall–Kier alpha value is -1.85. The average Bonchev–Trinajstić information content (AvgIpc) is 3.21. The maximum atomic E-state index is 12.7. The first-order chi connectivity index (χ1) is 28.0. The number of hydrogen-bond donors (Lipinski definition) is 0. The van der Waals surface area contributed by atoms with Crippen LogP contribution >= 0.6 is 0 Å². The molecule has 6 nitrogen and oxygen atoms in total. The third kappa shape index (κ3) is 45.1.